The van der Waals surface area contributed by atoms with E-state index in [0.29, 0.717) is 12.8 Å². The Balaban J connectivity index is 4.53. The molecule has 0 N–H and O–H groups in total. The van der Waals surface area contributed by atoms with Crippen LogP contribution in [0.25, 0.3) is 0 Å². The zero-order valence-electron chi connectivity index (χ0n) is 39.8. The SMILES string of the molecule is CC\C=C/C=C\C=C/C=C\CCCCCCCC(=O)OC(COC(=O)CCCCC/C=C\C/C=C\C/C=C\C/C=C\CC)COC(=O)CCCCC/C=C\CCCCCCCC. The molecule has 62 heavy (non-hydrogen) atoms. The third kappa shape index (κ3) is 47.1. The van der Waals surface area contributed by atoms with Gasteiger partial charge in [-0.15, -0.1) is 0 Å². The van der Waals surface area contributed by atoms with Gasteiger partial charge in [0.05, 0.1) is 0 Å². The summed E-state index contributed by atoms with van der Waals surface area (Å²) in [6.07, 6.45) is 66.4. The Morgan fingerprint density at radius 2 is 0.710 bits per heavy atom. The molecule has 0 amide bonds. The van der Waals surface area contributed by atoms with E-state index in [1.54, 1.807) is 0 Å². The van der Waals surface area contributed by atoms with Gasteiger partial charge >= 0.3 is 17.9 Å². The second-order valence-corrected chi connectivity index (χ2v) is 16.0. The van der Waals surface area contributed by atoms with Crippen LogP contribution in [0.15, 0.2) is 109 Å². The molecule has 0 aliphatic heterocycles. The van der Waals surface area contributed by atoms with E-state index < -0.39 is 6.10 Å². The van der Waals surface area contributed by atoms with Crippen molar-refractivity contribution in [3.05, 3.63) is 109 Å². The van der Waals surface area contributed by atoms with Crippen molar-refractivity contribution in [2.45, 2.75) is 213 Å². The Morgan fingerprint density at radius 3 is 1.21 bits per heavy atom. The predicted octanol–water partition coefficient (Wildman–Crippen LogP) is 16.4. The molecule has 1 unspecified atom stereocenters. The molecule has 6 heteroatoms. The van der Waals surface area contributed by atoms with Crippen LogP contribution in [-0.4, -0.2) is 37.2 Å². The van der Waals surface area contributed by atoms with Gasteiger partial charge in [0.2, 0.25) is 0 Å². The summed E-state index contributed by atoms with van der Waals surface area (Å²) in [6.45, 7) is 6.30. The van der Waals surface area contributed by atoms with Crippen molar-refractivity contribution in [3.63, 3.8) is 0 Å². The lowest BCUT2D eigenvalue weighted by atomic mass is 10.1. The molecule has 0 radical (unpaired) electrons. The molecule has 0 aromatic heterocycles. The van der Waals surface area contributed by atoms with E-state index in [1.807, 2.05) is 24.3 Å². The van der Waals surface area contributed by atoms with E-state index in [4.69, 9.17) is 14.2 Å². The van der Waals surface area contributed by atoms with Crippen LogP contribution in [0.2, 0.25) is 0 Å². The highest BCUT2D eigenvalue weighted by molar-refractivity contribution is 5.71. The maximum atomic E-state index is 12.8. The molecule has 0 aliphatic rings. The minimum Gasteiger partial charge on any atom is -0.462 e. The quantitative estimate of drug-likeness (QED) is 0.0200. The number of hydrogen-bond acceptors (Lipinski definition) is 6. The van der Waals surface area contributed by atoms with Crippen LogP contribution in [-0.2, 0) is 28.6 Å². The minimum atomic E-state index is -0.811. The summed E-state index contributed by atoms with van der Waals surface area (Å²) in [6, 6.07) is 0. The van der Waals surface area contributed by atoms with E-state index >= 15 is 0 Å². The third-order valence-electron chi connectivity index (χ3n) is 10.1. The highest BCUT2D eigenvalue weighted by Crippen LogP contribution is 2.12. The predicted molar refractivity (Wildman–Crippen MR) is 265 cm³/mol. The summed E-state index contributed by atoms with van der Waals surface area (Å²) >= 11 is 0. The lowest BCUT2D eigenvalue weighted by Gasteiger charge is -2.18. The van der Waals surface area contributed by atoms with Crippen LogP contribution in [0.1, 0.15) is 207 Å². The number of hydrogen-bond donors (Lipinski definition) is 0. The minimum absolute atomic E-state index is 0.108. The van der Waals surface area contributed by atoms with Crippen molar-refractivity contribution in [1.29, 1.82) is 0 Å². The van der Waals surface area contributed by atoms with Gasteiger partial charge in [-0.2, -0.15) is 0 Å². The fourth-order valence-electron chi connectivity index (χ4n) is 6.38. The van der Waals surface area contributed by atoms with E-state index in [2.05, 4.69) is 106 Å². The van der Waals surface area contributed by atoms with Gasteiger partial charge < -0.3 is 14.2 Å². The van der Waals surface area contributed by atoms with Gasteiger partial charge in [-0.3, -0.25) is 14.4 Å². The number of carbonyl (C=O) groups is 3. The van der Waals surface area contributed by atoms with Crippen molar-refractivity contribution in [2.75, 3.05) is 13.2 Å². The zero-order valence-corrected chi connectivity index (χ0v) is 39.8. The van der Waals surface area contributed by atoms with E-state index in [9.17, 15) is 14.4 Å². The van der Waals surface area contributed by atoms with Gasteiger partial charge in [0.1, 0.15) is 13.2 Å². The van der Waals surface area contributed by atoms with E-state index in [0.717, 1.165) is 128 Å². The summed E-state index contributed by atoms with van der Waals surface area (Å²) in [5.74, 6) is -0.986. The molecular weight excluding hydrogens is 769 g/mol. The maximum Gasteiger partial charge on any atom is 0.306 e. The molecule has 0 aromatic rings. The van der Waals surface area contributed by atoms with Crippen LogP contribution in [0.4, 0.5) is 0 Å². The Bertz CT molecular complexity index is 1310. The lowest BCUT2D eigenvalue weighted by molar-refractivity contribution is -0.167. The topological polar surface area (TPSA) is 78.9 Å². The molecule has 0 saturated carbocycles. The average Bonchev–Trinajstić information content (AvgIpc) is 3.27. The van der Waals surface area contributed by atoms with Crippen molar-refractivity contribution in [2.24, 2.45) is 0 Å². The van der Waals surface area contributed by atoms with Gasteiger partial charge in [-0.1, -0.05) is 194 Å². The second kappa shape index (κ2) is 49.7. The van der Waals surface area contributed by atoms with Crippen LogP contribution >= 0.6 is 0 Å². The number of carbonyl (C=O) groups excluding carboxylic acids is 3. The molecule has 0 saturated heterocycles. The molecule has 0 aliphatic carbocycles. The molecule has 0 aromatic carbocycles. The van der Waals surface area contributed by atoms with Crippen LogP contribution in [0, 0.1) is 0 Å². The molecule has 0 heterocycles. The fourth-order valence-corrected chi connectivity index (χ4v) is 6.38. The first kappa shape index (κ1) is 58.1. The molecule has 1 atom stereocenters. The smallest absolute Gasteiger partial charge is 0.306 e. The first-order chi connectivity index (χ1) is 30.5. The number of esters is 3. The number of rotatable bonds is 43. The fraction of sp³-hybridized carbons (Fsp3) is 0.625. The van der Waals surface area contributed by atoms with Crippen LogP contribution in [0.3, 0.4) is 0 Å². The Morgan fingerprint density at radius 1 is 0.355 bits per heavy atom. The van der Waals surface area contributed by atoms with Gasteiger partial charge in [0, 0.05) is 19.3 Å². The van der Waals surface area contributed by atoms with Gasteiger partial charge in [-0.05, 0) is 103 Å². The molecular formula is C56H90O6. The zero-order chi connectivity index (χ0) is 45.1. The van der Waals surface area contributed by atoms with E-state index in [-0.39, 0.29) is 37.5 Å². The second-order valence-electron chi connectivity index (χ2n) is 16.0. The van der Waals surface area contributed by atoms with E-state index in [1.165, 1.54) is 38.5 Å². The number of unbranched alkanes of at least 4 members (excludes halogenated alkanes) is 17. The first-order valence-corrected chi connectivity index (χ1v) is 24.9. The number of allylic oxidation sites excluding steroid dienone is 18. The Labute approximate surface area is 380 Å². The molecule has 0 fully saturated rings. The summed E-state index contributed by atoms with van der Waals surface area (Å²) in [5, 5.41) is 0. The average molecular weight is 859 g/mol. The highest BCUT2D eigenvalue weighted by atomic mass is 16.6. The maximum absolute atomic E-state index is 12.8. The molecule has 350 valence electrons. The molecule has 0 rings (SSSR count). The van der Waals surface area contributed by atoms with Gasteiger partial charge in [-0.25, -0.2) is 0 Å². The van der Waals surface area contributed by atoms with Crippen LogP contribution < -0.4 is 0 Å². The first-order valence-electron chi connectivity index (χ1n) is 24.9. The standard InChI is InChI=1S/C56H90O6/c1-4-7-10-13-16-19-22-25-27-29-31-34-37-40-43-46-49-55(58)61-52-53(51-60-54(57)48-45-42-39-36-33-30-24-21-18-15-12-9-6-3)62-56(59)50-47-44-41-38-35-32-28-26-23-20-17-14-11-8-5-2/h7-8,10-11,14,16-17,19-20,23,25-28,30-31,33-34,53H,4-6,9,12-13,15,18,21-22,24,29,32,35-52H2,1-3H3/b10-7-,11-8-,17-14-,19-16-,23-20-,27-25-,28-26-,33-30-,34-31-. The van der Waals surface area contributed by atoms with Crippen molar-refractivity contribution in [1.82, 2.24) is 0 Å². The third-order valence-corrected chi connectivity index (χ3v) is 10.1. The largest absolute Gasteiger partial charge is 0.462 e. The van der Waals surface area contributed by atoms with Crippen molar-refractivity contribution < 1.29 is 28.6 Å². The Kier molecular flexibility index (Phi) is 46.6. The van der Waals surface area contributed by atoms with Crippen molar-refractivity contribution in [3.8, 4) is 0 Å². The monoisotopic (exact) mass is 859 g/mol. The molecule has 6 nitrogen and oxygen atoms in total. The highest BCUT2D eigenvalue weighted by Gasteiger charge is 2.19. The molecule has 0 bridgehead atoms. The summed E-state index contributed by atoms with van der Waals surface area (Å²) < 4.78 is 16.7. The normalized spacial score (nSPS) is 13.0. The lowest BCUT2D eigenvalue weighted by Crippen LogP contribution is -2.30. The van der Waals surface area contributed by atoms with Crippen molar-refractivity contribution >= 4 is 17.9 Å². The Hall–Kier alpha value is -3.93. The summed E-state index contributed by atoms with van der Waals surface area (Å²) in [4.78, 5) is 37.9. The number of ether oxygens (including phenoxy) is 3. The summed E-state index contributed by atoms with van der Waals surface area (Å²) in [5.41, 5.74) is 0. The molecule has 0 spiro atoms. The summed E-state index contributed by atoms with van der Waals surface area (Å²) in [7, 11) is 0. The van der Waals surface area contributed by atoms with Gasteiger partial charge in [0.15, 0.2) is 6.10 Å². The van der Waals surface area contributed by atoms with Gasteiger partial charge in [0.25, 0.3) is 0 Å². The van der Waals surface area contributed by atoms with Crippen LogP contribution in [0.5, 0.6) is 0 Å².